The van der Waals surface area contributed by atoms with Crippen molar-refractivity contribution in [1.82, 2.24) is 0 Å². The van der Waals surface area contributed by atoms with E-state index in [9.17, 15) is 34.4 Å². The van der Waals surface area contributed by atoms with Crippen molar-refractivity contribution in [2.75, 3.05) is 10.8 Å². The van der Waals surface area contributed by atoms with Crippen LogP contribution in [-0.4, -0.2) is 40.1 Å². The molecule has 12 nitrogen and oxygen atoms in total. The molecule has 0 saturated heterocycles. The fourth-order valence-electron chi connectivity index (χ4n) is 5.22. The van der Waals surface area contributed by atoms with Crippen LogP contribution in [0.25, 0.3) is 5.57 Å². The number of rotatable bonds is 11. The molecule has 1 aliphatic rings. The molecule has 264 valence electrons. The number of anilines is 3. The quantitative estimate of drug-likeness (QED) is 0.0779. The first kappa shape index (κ1) is 36.1. The lowest BCUT2D eigenvalue weighted by atomic mass is 9.90. The van der Waals surface area contributed by atoms with Crippen LogP contribution in [0.1, 0.15) is 11.1 Å². The fraction of sp³-hybridized carbons (Fsp3) is 0. The van der Waals surface area contributed by atoms with Crippen LogP contribution in [0.15, 0.2) is 177 Å². The molecule has 4 N–H and O–H groups in total. The van der Waals surface area contributed by atoms with E-state index in [1.807, 2.05) is 12.1 Å². The number of hydrogen-bond acceptors (Lipinski definition) is 10. The standard InChI is InChI=1S/C37H29N3O9S3/c41-50(42,43)35-12-6-4-10-33(35)38-29-20-14-26(15-21-29)37(27-16-22-30(23-17-27)39-34-11-5-7-13-36(34)51(44,45)46)28-18-24-31(25-19-28)40-49-52(47,48)32-8-2-1-3-9-32/h1-25,38,40H,(H,41,42,43)(H,44,45,46). The molecule has 0 aromatic heterocycles. The third kappa shape index (κ3) is 8.60. The van der Waals surface area contributed by atoms with Gasteiger partial charge in [-0.1, -0.05) is 78.9 Å². The predicted octanol–water partition coefficient (Wildman–Crippen LogP) is 7.36. The van der Waals surface area contributed by atoms with E-state index in [1.54, 1.807) is 91.0 Å². The van der Waals surface area contributed by atoms with E-state index < -0.39 is 30.4 Å². The Morgan fingerprint density at radius 3 is 1.67 bits per heavy atom. The summed E-state index contributed by atoms with van der Waals surface area (Å²) in [5.41, 5.74) is 7.05. The summed E-state index contributed by atoms with van der Waals surface area (Å²) in [5, 5.41) is 3.02. The zero-order valence-corrected chi connectivity index (χ0v) is 29.3. The molecule has 0 heterocycles. The van der Waals surface area contributed by atoms with Crippen molar-refractivity contribution in [3.63, 3.8) is 0 Å². The lowest BCUT2D eigenvalue weighted by Crippen LogP contribution is -2.11. The van der Waals surface area contributed by atoms with Gasteiger partial charge in [0.25, 0.3) is 20.2 Å². The third-order valence-electron chi connectivity index (χ3n) is 7.64. The van der Waals surface area contributed by atoms with Gasteiger partial charge in [-0.3, -0.25) is 9.11 Å². The monoisotopic (exact) mass is 755 g/mol. The summed E-state index contributed by atoms with van der Waals surface area (Å²) in [4.78, 5) is 3.81. The van der Waals surface area contributed by atoms with Gasteiger partial charge in [-0.2, -0.15) is 25.3 Å². The Bertz CT molecular complexity index is 2570. The molecule has 52 heavy (non-hydrogen) atoms. The van der Waals surface area contributed by atoms with Gasteiger partial charge in [-0.25, -0.2) is 10.5 Å². The Kier molecular flexibility index (Phi) is 10.3. The van der Waals surface area contributed by atoms with Gasteiger partial charge < -0.3 is 5.32 Å². The van der Waals surface area contributed by atoms with Crippen molar-refractivity contribution >= 4 is 64.4 Å². The molecular weight excluding hydrogens is 727 g/mol. The lowest BCUT2D eigenvalue weighted by Gasteiger charge is -2.16. The van der Waals surface area contributed by atoms with E-state index in [4.69, 9.17) is 4.28 Å². The summed E-state index contributed by atoms with van der Waals surface area (Å²) in [6.45, 7) is 0. The van der Waals surface area contributed by atoms with Gasteiger partial charge in [0, 0.05) is 5.69 Å². The maximum atomic E-state index is 12.6. The minimum atomic E-state index is -4.50. The minimum Gasteiger partial charge on any atom is -0.354 e. The first-order valence-corrected chi connectivity index (χ1v) is 19.6. The van der Waals surface area contributed by atoms with Crippen molar-refractivity contribution in [2.45, 2.75) is 14.7 Å². The molecule has 0 aliphatic heterocycles. The van der Waals surface area contributed by atoms with E-state index in [0.717, 1.165) is 22.3 Å². The van der Waals surface area contributed by atoms with E-state index in [1.165, 1.54) is 48.5 Å². The van der Waals surface area contributed by atoms with E-state index >= 15 is 0 Å². The van der Waals surface area contributed by atoms with Gasteiger partial charge in [-0.15, -0.1) is 4.28 Å². The number of hydrogen-bond donors (Lipinski definition) is 4. The van der Waals surface area contributed by atoms with Crippen molar-refractivity contribution in [2.24, 2.45) is 4.99 Å². The molecule has 0 radical (unpaired) electrons. The Morgan fingerprint density at radius 2 is 1.08 bits per heavy atom. The Hall–Kier alpha value is -5.68. The summed E-state index contributed by atoms with van der Waals surface area (Å²) >= 11 is 0. The van der Waals surface area contributed by atoms with Crippen molar-refractivity contribution < 1.29 is 38.6 Å². The van der Waals surface area contributed by atoms with Crippen molar-refractivity contribution in [1.29, 1.82) is 0 Å². The third-order valence-corrected chi connectivity index (χ3v) is 10.6. The second-order valence-corrected chi connectivity index (χ2v) is 15.5. The van der Waals surface area contributed by atoms with Gasteiger partial charge in [0.15, 0.2) is 0 Å². The molecule has 5 aromatic rings. The zero-order chi connectivity index (χ0) is 36.9. The molecule has 1 aliphatic carbocycles. The summed E-state index contributed by atoms with van der Waals surface area (Å²) in [5.74, 6) is 0. The van der Waals surface area contributed by atoms with Crippen LogP contribution >= 0.6 is 0 Å². The Balaban J connectivity index is 1.33. The average Bonchev–Trinajstić information content (AvgIpc) is 3.13. The van der Waals surface area contributed by atoms with Crippen LogP contribution in [-0.2, 0) is 34.6 Å². The number of allylic oxidation sites excluding steroid dienone is 5. The smallest absolute Gasteiger partial charge is 0.317 e. The Labute approximate surface area is 300 Å². The topological polar surface area (TPSA) is 189 Å². The summed E-state index contributed by atoms with van der Waals surface area (Å²) in [7, 11) is -13.1. The van der Waals surface area contributed by atoms with Crippen molar-refractivity contribution in [3.8, 4) is 0 Å². The first-order valence-electron chi connectivity index (χ1n) is 15.3. The number of nitrogens with one attached hydrogen (secondary N) is 2. The van der Waals surface area contributed by atoms with Gasteiger partial charge in [0.2, 0.25) is 0 Å². The van der Waals surface area contributed by atoms with Gasteiger partial charge in [0.1, 0.15) is 9.79 Å². The van der Waals surface area contributed by atoms with E-state index in [2.05, 4.69) is 15.8 Å². The second-order valence-electron chi connectivity index (χ2n) is 11.2. The normalized spacial score (nSPS) is 13.1. The summed E-state index contributed by atoms with van der Waals surface area (Å²) < 4.78 is 97.0. The lowest BCUT2D eigenvalue weighted by molar-refractivity contribution is 0.390. The molecule has 0 saturated carbocycles. The van der Waals surface area contributed by atoms with Crippen LogP contribution in [0, 0.1) is 0 Å². The second kappa shape index (κ2) is 14.9. The van der Waals surface area contributed by atoms with Crippen LogP contribution in [0.4, 0.5) is 22.7 Å². The number of benzene rings is 5. The van der Waals surface area contributed by atoms with E-state index in [0.29, 0.717) is 17.1 Å². The van der Waals surface area contributed by atoms with Crippen LogP contribution in [0.5, 0.6) is 0 Å². The zero-order valence-electron chi connectivity index (χ0n) is 26.9. The SMILES string of the molecule is O=S(=O)(O)c1ccccc1N=C1C=CC(=C(c2ccc(NOS(=O)(=O)c3ccccc3)cc2)c2ccc(Nc3ccccc3S(=O)(=O)O)cc2)C=C1. The number of nitrogens with zero attached hydrogens (tertiary/aromatic N) is 1. The average molecular weight is 756 g/mol. The molecule has 0 bridgehead atoms. The first-order chi connectivity index (χ1) is 24.8. The molecule has 6 rings (SSSR count). The molecule has 0 amide bonds. The van der Waals surface area contributed by atoms with Crippen LogP contribution < -0.4 is 10.8 Å². The van der Waals surface area contributed by atoms with Gasteiger partial charge in [-0.05, 0) is 95.1 Å². The highest BCUT2D eigenvalue weighted by molar-refractivity contribution is 7.87. The molecule has 0 spiro atoms. The van der Waals surface area contributed by atoms with E-state index in [-0.39, 0.29) is 26.1 Å². The molecule has 0 atom stereocenters. The number of aliphatic imine (C=N–C) groups is 1. The minimum absolute atomic E-state index is 0.00851. The van der Waals surface area contributed by atoms with Crippen LogP contribution in [0.3, 0.4) is 0 Å². The van der Waals surface area contributed by atoms with Gasteiger partial charge in [0.05, 0.1) is 27.7 Å². The fourth-order valence-corrected chi connectivity index (χ4v) is 7.29. The Morgan fingerprint density at radius 1 is 0.558 bits per heavy atom. The van der Waals surface area contributed by atoms with Gasteiger partial charge >= 0.3 is 10.1 Å². The molecule has 0 unspecified atom stereocenters. The molecule has 15 heteroatoms. The highest BCUT2D eigenvalue weighted by Gasteiger charge is 2.18. The molecular formula is C37H29N3O9S3. The summed E-state index contributed by atoms with van der Waals surface area (Å²) in [6.07, 6.45) is 6.97. The maximum Gasteiger partial charge on any atom is 0.317 e. The highest BCUT2D eigenvalue weighted by Crippen LogP contribution is 2.33. The number of para-hydroxylation sites is 2. The molecule has 5 aromatic carbocycles. The molecule has 0 fully saturated rings. The predicted molar refractivity (Wildman–Crippen MR) is 198 cm³/mol. The highest BCUT2D eigenvalue weighted by atomic mass is 32.2. The summed E-state index contributed by atoms with van der Waals surface area (Å²) in [6, 6.07) is 33.4. The largest absolute Gasteiger partial charge is 0.354 e. The van der Waals surface area contributed by atoms with Crippen molar-refractivity contribution in [3.05, 3.63) is 168 Å². The maximum absolute atomic E-state index is 12.6. The van der Waals surface area contributed by atoms with Crippen LogP contribution in [0.2, 0.25) is 0 Å².